The maximum absolute atomic E-state index is 6.74. The van der Waals surface area contributed by atoms with Gasteiger partial charge < -0.3 is 13.6 Å². The fraction of sp³-hybridized carbons (Fsp3) is 0.167. The first-order valence-corrected chi connectivity index (χ1v) is 18.2. The topological polar surface area (TPSA) is 23.0 Å². The van der Waals surface area contributed by atoms with E-state index in [4.69, 9.17) is 4.42 Å². The minimum Gasteiger partial charge on any atom is -0.454 e. The molecule has 11 rings (SSSR count). The molecule has 0 spiro atoms. The average Bonchev–Trinajstić information content (AvgIpc) is 3.80. The summed E-state index contributed by atoms with van der Waals surface area (Å²) in [7, 11) is 0. The van der Waals surface area contributed by atoms with E-state index in [-0.39, 0.29) is 10.8 Å². The van der Waals surface area contributed by atoms with E-state index >= 15 is 0 Å². The molecule has 1 aliphatic rings. The van der Waals surface area contributed by atoms with Gasteiger partial charge >= 0.3 is 0 Å². The minimum absolute atomic E-state index is 0.0788. The van der Waals surface area contributed by atoms with E-state index in [9.17, 15) is 0 Å². The predicted molar refractivity (Wildman–Crippen MR) is 215 cm³/mol. The zero-order valence-electron chi connectivity index (χ0n) is 29.4. The second-order valence-corrected chi connectivity index (χ2v) is 16.0. The highest BCUT2D eigenvalue weighted by Crippen LogP contribution is 2.50. The van der Waals surface area contributed by atoms with Gasteiger partial charge in [0.25, 0.3) is 0 Å². The Morgan fingerprint density at radius 3 is 1.92 bits per heavy atom. The molecule has 51 heavy (non-hydrogen) atoms. The fourth-order valence-electron chi connectivity index (χ4n) is 9.38. The zero-order valence-corrected chi connectivity index (χ0v) is 29.4. The van der Waals surface area contributed by atoms with E-state index in [1.165, 1.54) is 84.0 Å². The van der Waals surface area contributed by atoms with E-state index in [0.29, 0.717) is 0 Å². The Morgan fingerprint density at radius 1 is 0.471 bits per heavy atom. The van der Waals surface area contributed by atoms with E-state index in [0.717, 1.165) is 27.6 Å². The first kappa shape index (κ1) is 29.0. The Balaban J connectivity index is 1.37. The predicted octanol–water partition coefficient (Wildman–Crippen LogP) is 13.3. The standard InChI is InChI=1S/C48H38N2O/c1-47(2)23-24-48(3,4)38-28-43-34(25-37(38)47)35-26-42-36(27-41(35)50(43)40-19-12-18-33-32-17-10-11-20-44(32)51-46(33)40)45-31-16-9-8-13-29(31)21-22-39(45)49(42)30-14-6-5-7-15-30/h5-22,25-28H,23-24H2,1-4H3. The number of hydrogen-bond donors (Lipinski definition) is 0. The second-order valence-electron chi connectivity index (χ2n) is 16.0. The molecule has 0 radical (unpaired) electrons. The van der Waals surface area contributed by atoms with E-state index in [1.54, 1.807) is 0 Å². The van der Waals surface area contributed by atoms with Crippen molar-refractivity contribution in [3.63, 3.8) is 0 Å². The van der Waals surface area contributed by atoms with Crippen molar-refractivity contribution in [2.45, 2.75) is 51.4 Å². The normalized spacial score (nSPS) is 15.6. The molecule has 0 fully saturated rings. The Hall–Kier alpha value is -5.80. The Morgan fingerprint density at radius 2 is 1.10 bits per heavy atom. The Bertz CT molecular complexity index is 3080. The summed E-state index contributed by atoms with van der Waals surface area (Å²) in [5.74, 6) is 0. The number of fused-ring (bicyclic) bond motifs is 12. The van der Waals surface area contributed by atoms with E-state index in [1.807, 2.05) is 0 Å². The highest BCUT2D eigenvalue weighted by Gasteiger charge is 2.38. The summed E-state index contributed by atoms with van der Waals surface area (Å²) in [5, 5.41) is 9.91. The molecule has 0 N–H and O–H groups in total. The summed E-state index contributed by atoms with van der Waals surface area (Å²) in [4.78, 5) is 0. The quantitative estimate of drug-likeness (QED) is 0.181. The molecule has 0 saturated heterocycles. The van der Waals surface area contributed by atoms with Crippen molar-refractivity contribution in [3.05, 3.63) is 145 Å². The third kappa shape index (κ3) is 3.89. The van der Waals surface area contributed by atoms with Gasteiger partial charge in [0.05, 0.1) is 27.8 Å². The van der Waals surface area contributed by atoms with Crippen LogP contribution in [0, 0.1) is 0 Å². The molecule has 3 aromatic heterocycles. The summed E-state index contributed by atoms with van der Waals surface area (Å²) in [6.45, 7) is 9.71. The fourth-order valence-corrected chi connectivity index (χ4v) is 9.38. The molecule has 0 saturated carbocycles. The molecule has 3 heteroatoms. The summed E-state index contributed by atoms with van der Waals surface area (Å²) in [5.41, 5.74) is 12.1. The monoisotopic (exact) mass is 658 g/mol. The first-order chi connectivity index (χ1) is 24.8. The van der Waals surface area contributed by atoms with Crippen LogP contribution in [0.2, 0.25) is 0 Å². The van der Waals surface area contributed by atoms with Crippen molar-refractivity contribution in [3.8, 4) is 11.4 Å². The Kier molecular flexibility index (Phi) is 5.64. The van der Waals surface area contributed by atoms with Gasteiger partial charge in [0.15, 0.2) is 5.58 Å². The van der Waals surface area contributed by atoms with Gasteiger partial charge in [-0.2, -0.15) is 0 Å². The molecule has 0 bridgehead atoms. The van der Waals surface area contributed by atoms with Gasteiger partial charge in [-0.25, -0.2) is 0 Å². The largest absolute Gasteiger partial charge is 0.454 e. The van der Waals surface area contributed by atoms with Crippen molar-refractivity contribution in [1.82, 2.24) is 9.13 Å². The van der Waals surface area contributed by atoms with Crippen LogP contribution in [-0.4, -0.2) is 9.13 Å². The maximum Gasteiger partial charge on any atom is 0.159 e. The molecule has 7 aromatic carbocycles. The van der Waals surface area contributed by atoms with Crippen molar-refractivity contribution in [2.75, 3.05) is 0 Å². The smallest absolute Gasteiger partial charge is 0.159 e. The molecule has 10 aromatic rings. The van der Waals surface area contributed by atoms with Crippen LogP contribution in [0.1, 0.15) is 51.7 Å². The zero-order chi connectivity index (χ0) is 34.2. The summed E-state index contributed by atoms with van der Waals surface area (Å²) in [6, 6.07) is 49.3. The number of nitrogens with zero attached hydrogens (tertiary/aromatic N) is 2. The lowest BCUT2D eigenvalue weighted by Gasteiger charge is -2.42. The molecule has 0 unspecified atom stereocenters. The SMILES string of the molecule is CC1(C)CCC(C)(C)c2cc3c(cc21)c1cc2c(cc1n3-c1cccc3c1oc1ccccc13)c1c3ccccc3ccc1n2-c1ccccc1. The van der Waals surface area contributed by atoms with Gasteiger partial charge in [0.1, 0.15) is 5.58 Å². The molecule has 246 valence electrons. The van der Waals surface area contributed by atoms with Gasteiger partial charge in [-0.05, 0) is 100 Å². The number of furan rings is 1. The number of aromatic nitrogens is 2. The van der Waals surface area contributed by atoms with Crippen LogP contribution in [-0.2, 0) is 10.8 Å². The van der Waals surface area contributed by atoms with Crippen LogP contribution in [0.15, 0.2) is 138 Å². The van der Waals surface area contributed by atoms with Gasteiger partial charge in [-0.1, -0.05) is 107 Å². The second kappa shape index (κ2) is 9.92. The molecule has 0 amide bonds. The lowest BCUT2D eigenvalue weighted by Crippen LogP contribution is -2.33. The lowest BCUT2D eigenvalue weighted by atomic mass is 9.63. The summed E-state index contributed by atoms with van der Waals surface area (Å²) < 4.78 is 11.7. The van der Waals surface area contributed by atoms with E-state index < -0.39 is 0 Å². The first-order valence-electron chi connectivity index (χ1n) is 18.2. The molecular weight excluding hydrogens is 621 g/mol. The number of benzene rings is 7. The molecule has 3 heterocycles. The highest BCUT2D eigenvalue weighted by molar-refractivity contribution is 6.25. The van der Waals surface area contributed by atoms with Crippen molar-refractivity contribution in [1.29, 1.82) is 0 Å². The number of rotatable bonds is 2. The molecule has 1 aliphatic carbocycles. The highest BCUT2D eigenvalue weighted by atomic mass is 16.3. The average molecular weight is 659 g/mol. The minimum atomic E-state index is 0.0788. The summed E-state index contributed by atoms with van der Waals surface area (Å²) >= 11 is 0. The van der Waals surface area contributed by atoms with E-state index in [2.05, 4.69) is 170 Å². The van der Waals surface area contributed by atoms with Crippen molar-refractivity contribution in [2.24, 2.45) is 0 Å². The lowest BCUT2D eigenvalue weighted by molar-refractivity contribution is 0.332. The van der Waals surface area contributed by atoms with Gasteiger partial charge in [0.2, 0.25) is 0 Å². The third-order valence-corrected chi connectivity index (χ3v) is 12.2. The van der Waals surface area contributed by atoms with Crippen LogP contribution in [0.25, 0.3) is 87.7 Å². The van der Waals surface area contributed by atoms with Gasteiger partial charge in [0, 0.05) is 38.0 Å². The van der Waals surface area contributed by atoms with Crippen LogP contribution >= 0.6 is 0 Å². The molecule has 3 nitrogen and oxygen atoms in total. The summed E-state index contributed by atoms with van der Waals surface area (Å²) in [6.07, 6.45) is 2.34. The van der Waals surface area contributed by atoms with Crippen LogP contribution in [0.4, 0.5) is 0 Å². The molecule has 0 atom stereocenters. The molecular formula is C48H38N2O. The van der Waals surface area contributed by atoms with Crippen LogP contribution in [0.3, 0.4) is 0 Å². The van der Waals surface area contributed by atoms with Crippen molar-refractivity contribution >= 4 is 76.3 Å². The van der Waals surface area contributed by atoms with Crippen molar-refractivity contribution < 1.29 is 4.42 Å². The Labute approximate surface area is 296 Å². The number of hydrogen-bond acceptors (Lipinski definition) is 1. The van der Waals surface area contributed by atoms with Crippen LogP contribution in [0.5, 0.6) is 0 Å². The third-order valence-electron chi connectivity index (χ3n) is 12.2. The number of para-hydroxylation sites is 3. The van der Waals surface area contributed by atoms with Gasteiger partial charge in [-0.15, -0.1) is 0 Å². The van der Waals surface area contributed by atoms with Crippen LogP contribution < -0.4 is 0 Å². The maximum atomic E-state index is 6.74. The van der Waals surface area contributed by atoms with Gasteiger partial charge in [-0.3, -0.25) is 0 Å². The molecule has 0 aliphatic heterocycles.